The van der Waals surface area contributed by atoms with Gasteiger partial charge in [-0.2, -0.15) is 0 Å². The molecule has 94 valence electrons. The van der Waals surface area contributed by atoms with Crippen molar-refractivity contribution in [3.8, 4) is 11.1 Å². The molecule has 2 N–H and O–H groups in total. The van der Waals surface area contributed by atoms with Crippen molar-refractivity contribution in [2.75, 3.05) is 5.32 Å². The fourth-order valence-corrected chi connectivity index (χ4v) is 1.89. The van der Waals surface area contributed by atoms with Crippen molar-refractivity contribution in [1.82, 2.24) is 14.4 Å². The highest BCUT2D eigenvalue weighted by Gasteiger charge is 2.05. The summed E-state index contributed by atoms with van der Waals surface area (Å²) < 4.78 is 1.84. The number of hydrogen-bond acceptors (Lipinski definition) is 3. The molecule has 0 bridgehead atoms. The minimum atomic E-state index is -1.13. The van der Waals surface area contributed by atoms with Crippen LogP contribution < -0.4 is 5.32 Å². The lowest BCUT2D eigenvalue weighted by atomic mass is 10.1. The van der Waals surface area contributed by atoms with Crippen LogP contribution in [0.1, 0.15) is 0 Å². The number of nitrogens with one attached hydrogen (secondary N) is 1. The summed E-state index contributed by atoms with van der Waals surface area (Å²) in [4.78, 5) is 18.6. The van der Waals surface area contributed by atoms with Crippen LogP contribution in [0.25, 0.3) is 16.6 Å². The van der Waals surface area contributed by atoms with E-state index in [4.69, 9.17) is 5.11 Å². The lowest BCUT2D eigenvalue weighted by molar-refractivity contribution is 0.209. The third kappa shape index (κ3) is 2.23. The summed E-state index contributed by atoms with van der Waals surface area (Å²) in [6, 6.07) is 7.47. The molecule has 0 fully saturated rings. The highest BCUT2D eigenvalue weighted by molar-refractivity contribution is 5.82. The average Bonchev–Trinajstić information content (AvgIpc) is 2.82. The zero-order chi connectivity index (χ0) is 13.2. The predicted octanol–water partition coefficient (Wildman–Crippen LogP) is 2.49. The van der Waals surface area contributed by atoms with Crippen LogP contribution in [0, 0.1) is 0 Å². The molecule has 19 heavy (non-hydrogen) atoms. The number of nitrogens with zero attached hydrogens (tertiary/aromatic N) is 3. The van der Waals surface area contributed by atoms with E-state index in [1.54, 1.807) is 24.8 Å². The molecule has 0 unspecified atom stereocenters. The predicted molar refractivity (Wildman–Crippen MR) is 70.1 cm³/mol. The lowest BCUT2D eigenvalue weighted by Crippen LogP contribution is -2.08. The Bertz CT molecular complexity index is 737. The van der Waals surface area contributed by atoms with E-state index in [2.05, 4.69) is 15.3 Å². The average molecular weight is 254 g/mol. The Morgan fingerprint density at radius 3 is 2.74 bits per heavy atom. The summed E-state index contributed by atoms with van der Waals surface area (Å²) in [6.07, 6.45) is 5.84. The molecule has 0 aromatic carbocycles. The highest BCUT2D eigenvalue weighted by Crippen LogP contribution is 2.22. The van der Waals surface area contributed by atoms with Gasteiger partial charge in [0.25, 0.3) is 0 Å². The van der Waals surface area contributed by atoms with Gasteiger partial charge in [-0.25, -0.2) is 9.78 Å². The number of fused-ring (bicyclic) bond motifs is 1. The monoisotopic (exact) mass is 254 g/mol. The molecule has 6 heteroatoms. The molecule has 3 aromatic heterocycles. The molecule has 0 radical (unpaired) electrons. The third-order valence-corrected chi connectivity index (χ3v) is 2.73. The molecule has 3 heterocycles. The van der Waals surface area contributed by atoms with Crippen molar-refractivity contribution >= 4 is 17.4 Å². The Hall–Kier alpha value is -2.89. The first-order valence-corrected chi connectivity index (χ1v) is 5.60. The fourth-order valence-electron chi connectivity index (χ4n) is 1.89. The van der Waals surface area contributed by atoms with Crippen LogP contribution >= 0.6 is 0 Å². The summed E-state index contributed by atoms with van der Waals surface area (Å²) in [6.45, 7) is 0. The van der Waals surface area contributed by atoms with Crippen molar-refractivity contribution in [3.63, 3.8) is 0 Å². The maximum absolute atomic E-state index is 10.6. The largest absolute Gasteiger partial charge is 0.465 e. The number of anilines is 1. The van der Waals surface area contributed by atoms with Crippen LogP contribution in [0.4, 0.5) is 10.6 Å². The van der Waals surface area contributed by atoms with Gasteiger partial charge in [0, 0.05) is 30.2 Å². The standard InChI is InChI=1S/C13H10N4O2/c18-13(19)16-12-6-11-5-10(7-17(11)8-15-12)9-1-3-14-4-2-9/h1-8,16H,(H,18,19). The number of carboxylic acid groups (broad SMARTS) is 1. The van der Waals surface area contributed by atoms with Crippen LogP contribution in [0.3, 0.4) is 0 Å². The Balaban J connectivity index is 2.04. The van der Waals surface area contributed by atoms with Crippen LogP contribution in [0.2, 0.25) is 0 Å². The van der Waals surface area contributed by atoms with Gasteiger partial charge >= 0.3 is 6.09 Å². The van der Waals surface area contributed by atoms with E-state index >= 15 is 0 Å². The summed E-state index contributed by atoms with van der Waals surface area (Å²) in [5, 5.41) is 10.9. The molecule has 0 aliphatic carbocycles. The van der Waals surface area contributed by atoms with E-state index in [0.29, 0.717) is 5.82 Å². The molecule has 0 atom stereocenters. The zero-order valence-electron chi connectivity index (χ0n) is 9.82. The number of hydrogen-bond donors (Lipinski definition) is 2. The smallest absolute Gasteiger partial charge is 0.410 e. The summed E-state index contributed by atoms with van der Waals surface area (Å²) in [5.41, 5.74) is 2.94. The van der Waals surface area contributed by atoms with Crippen molar-refractivity contribution in [3.05, 3.63) is 49.2 Å². The molecule has 3 aromatic rings. The Morgan fingerprint density at radius 1 is 1.21 bits per heavy atom. The minimum absolute atomic E-state index is 0.305. The normalized spacial score (nSPS) is 10.5. The fraction of sp³-hybridized carbons (Fsp3) is 0. The number of carbonyl (C=O) groups is 1. The molecule has 1 amide bonds. The maximum atomic E-state index is 10.6. The maximum Gasteiger partial charge on any atom is 0.410 e. The van der Waals surface area contributed by atoms with Crippen molar-refractivity contribution < 1.29 is 9.90 Å². The molecule has 3 rings (SSSR count). The number of pyridine rings is 1. The molecule has 6 nitrogen and oxygen atoms in total. The Kier molecular flexibility index (Phi) is 2.60. The SMILES string of the molecule is O=C(O)Nc1cc2cc(-c3ccncc3)cn2cn1. The van der Waals surface area contributed by atoms with Crippen LogP contribution in [-0.4, -0.2) is 25.6 Å². The van der Waals surface area contributed by atoms with Gasteiger partial charge in [-0.3, -0.25) is 10.3 Å². The third-order valence-electron chi connectivity index (χ3n) is 2.73. The minimum Gasteiger partial charge on any atom is -0.465 e. The molecule has 0 spiro atoms. The number of rotatable bonds is 2. The molecular weight excluding hydrogens is 244 g/mol. The zero-order valence-corrected chi connectivity index (χ0v) is 9.82. The van der Waals surface area contributed by atoms with Gasteiger partial charge in [0.1, 0.15) is 12.1 Å². The first kappa shape index (κ1) is 11.2. The lowest BCUT2D eigenvalue weighted by Gasteiger charge is -1.99. The van der Waals surface area contributed by atoms with Gasteiger partial charge in [0.05, 0.1) is 5.52 Å². The van der Waals surface area contributed by atoms with Gasteiger partial charge < -0.3 is 9.51 Å². The van der Waals surface area contributed by atoms with Crippen LogP contribution in [0.5, 0.6) is 0 Å². The van der Waals surface area contributed by atoms with Gasteiger partial charge in [0.15, 0.2) is 0 Å². The van der Waals surface area contributed by atoms with E-state index < -0.39 is 6.09 Å². The van der Waals surface area contributed by atoms with E-state index in [-0.39, 0.29) is 0 Å². The first-order chi connectivity index (χ1) is 9.22. The van der Waals surface area contributed by atoms with Crippen molar-refractivity contribution in [2.24, 2.45) is 0 Å². The second-order valence-electron chi connectivity index (χ2n) is 4.00. The second-order valence-corrected chi connectivity index (χ2v) is 4.00. The van der Waals surface area contributed by atoms with Crippen molar-refractivity contribution in [2.45, 2.75) is 0 Å². The summed E-state index contributed by atoms with van der Waals surface area (Å²) in [7, 11) is 0. The van der Waals surface area contributed by atoms with Gasteiger partial charge in [0.2, 0.25) is 0 Å². The number of amides is 1. The second kappa shape index (κ2) is 4.41. The topological polar surface area (TPSA) is 79.5 Å². The molecule has 0 aliphatic heterocycles. The van der Waals surface area contributed by atoms with Gasteiger partial charge in [-0.05, 0) is 23.8 Å². The number of aromatic nitrogens is 3. The van der Waals surface area contributed by atoms with E-state index in [0.717, 1.165) is 16.6 Å². The van der Waals surface area contributed by atoms with E-state index in [1.807, 2.05) is 28.8 Å². The van der Waals surface area contributed by atoms with Gasteiger partial charge in [-0.1, -0.05) is 0 Å². The van der Waals surface area contributed by atoms with Crippen LogP contribution in [-0.2, 0) is 0 Å². The molecule has 0 aliphatic rings. The first-order valence-electron chi connectivity index (χ1n) is 5.60. The van der Waals surface area contributed by atoms with Gasteiger partial charge in [-0.15, -0.1) is 0 Å². The van der Waals surface area contributed by atoms with Crippen LogP contribution in [0.15, 0.2) is 49.2 Å². The Morgan fingerprint density at radius 2 is 2.00 bits per heavy atom. The molecular formula is C13H10N4O2. The highest BCUT2D eigenvalue weighted by atomic mass is 16.4. The van der Waals surface area contributed by atoms with E-state index in [9.17, 15) is 4.79 Å². The summed E-state index contributed by atoms with van der Waals surface area (Å²) in [5.74, 6) is 0.305. The Labute approximate surface area is 108 Å². The van der Waals surface area contributed by atoms with Crippen molar-refractivity contribution in [1.29, 1.82) is 0 Å². The quantitative estimate of drug-likeness (QED) is 0.736. The van der Waals surface area contributed by atoms with E-state index in [1.165, 1.54) is 0 Å². The molecule has 0 saturated carbocycles. The summed E-state index contributed by atoms with van der Waals surface area (Å²) >= 11 is 0. The molecule has 0 saturated heterocycles.